The fourth-order valence-corrected chi connectivity index (χ4v) is 2.26. The monoisotopic (exact) mass is 263 g/mol. The van der Waals surface area contributed by atoms with E-state index in [4.69, 9.17) is 0 Å². The third kappa shape index (κ3) is 5.91. The van der Waals surface area contributed by atoms with E-state index in [0.29, 0.717) is 5.92 Å². The Kier molecular flexibility index (Phi) is 9.87. The van der Waals surface area contributed by atoms with Gasteiger partial charge in [0.15, 0.2) is 0 Å². The molecule has 0 N–H and O–H groups in total. The fraction of sp³-hybridized carbons (Fsp3) is 0.588. The van der Waals surface area contributed by atoms with E-state index >= 15 is 0 Å². The minimum absolute atomic E-state index is 0.204. The molecule has 0 saturated carbocycles. The van der Waals surface area contributed by atoms with Gasteiger partial charge in [0.2, 0.25) is 5.91 Å². The first kappa shape index (κ1) is 17.7. The van der Waals surface area contributed by atoms with E-state index in [9.17, 15) is 4.79 Å². The third-order valence-corrected chi connectivity index (χ3v) is 3.14. The number of nitrogens with zero attached hydrogens (tertiary/aromatic N) is 1. The van der Waals surface area contributed by atoms with E-state index in [-0.39, 0.29) is 5.91 Å². The molecule has 2 nitrogen and oxygen atoms in total. The number of carbonyl (C=O) groups excluding carboxylic acids is 1. The van der Waals surface area contributed by atoms with Crippen LogP contribution in [0.2, 0.25) is 0 Å². The highest BCUT2D eigenvalue weighted by Gasteiger charge is 2.22. The molecule has 2 rings (SSSR count). The van der Waals surface area contributed by atoms with Crippen LogP contribution in [0.5, 0.6) is 0 Å². The summed E-state index contributed by atoms with van der Waals surface area (Å²) in [6, 6.07) is 10.5. The predicted molar refractivity (Wildman–Crippen MR) is 83.4 cm³/mol. The molecule has 1 aromatic carbocycles. The van der Waals surface area contributed by atoms with Crippen molar-refractivity contribution in [1.82, 2.24) is 4.90 Å². The van der Waals surface area contributed by atoms with Gasteiger partial charge < -0.3 is 4.90 Å². The first-order valence-electron chi connectivity index (χ1n) is 7.58. The highest BCUT2D eigenvalue weighted by Crippen LogP contribution is 2.26. The van der Waals surface area contributed by atoms with Crippen molar-refractivity contribution in [2.75, 3.05) is 13.1 Å². The van der Waals surface area contributed by atoms with Gasteiger partial charge >= 0.3 is 0 Å². The van der Waals surface area contributed by atoms with Gasteiger partial charge in [-0.3, -0.25) is 4.79 Å². The van der Waals surface area contributed by atoms with Crippen LogP contribution in [-0.2, 0) is 4.79 Å². The molecule has 1 aliphatic rings. The second kappa shape index (κ2) is 10.6. The Balaban J connectivity index is 0.000000741. The maximum Gasteiger partial charge on any atom is 0.219 e. The van der Waals surface area contributed by atoms with Crippen LogP contribution < -0.4 is 0 Å². The summed E-state index contributed by atoms with van der Waals surface area (Å²) in [5, 5.41) is 0. The van der Waals surface area contributed by atoms with Gasteiger partial charge in [0.05, 0.1) is 0 Å². The molecule has 1 unspecified atom stereocenters. The number of rotatable bonds is 1. The largest absolute Gasteiger partial charge is 0.342 e. The molecule has 0 aliphatic carbocycles. The van der Waals surface area contributed by atoms with Gasteiger partial charge in [-0.05, 0) is 18.4 Å². The van der Waals surface area contributed by atoms with E-state index in [1.165, 1.54) is 12.0 Å². The molecule has 1 aromatic rings. The zero-order valence-electron chi connectivity index (χ0n) is 13.1. The van der Waals surface area contributed by atoms with Crippen LogP contribution in [0.25, 0.3) is 0 Å². The molecular formula is C17H29NO. The topological polar surface area (TPSA) is 20.3 Å². The molecule has 0 bridgehead atoms. The minimum atomic E-state index is 0.204. The third-order valence-electron chi connectivity index (χ3n) is 3.14. The Morgan fingerprint density at radius 3 is 2.21 bits per heavy atom. The lowest BCUT2D eigenvalue weighted by Gasteiger charge is -2.32. The van der Waals surface area contributed by atoms with E-state index < -0.39 is 0 Å². The fourth-order valence-electron chi connectivity index (χ4n) is 2.26. The van der Waals surface area contributed by atoms with Crippen molar-refractivity contribution in [3.8, 4) is 0 Å². The second-order valence-electron chi connectivity index (χ2n) is 4.21. The molecule has 0 aromatic heterocycles. The number of amides is 1. The highest BCUT2D eigenvalue weighted by atomic mass is 16.2. The van der Waals surface area contributed by atoms with Gasteiger partial charge in [0.25, 0.3) is 0 Å². The minimum Gasteiger partial charge on any atom is -0.342 e. The Morgan fingerprint density at radius 1 is 1.11 bits per heavy atom. The SMILES string of the molecule is CC.CC.CC(=O)N1CCCC(c2ccccc2)C1. The van der Waals surface area contributed by atoms with E-state index in [1.807, 2.05) is 38.7 Å². The zero-order valence-corrected chi connectivity index (χ0v) is 13.1. The van der Waals surface area contributed by atoms with Crippen molar-refractivity contribution >= 4 is 5.91 Å². The molecule has 0 radical (unpaired) electrons. The number of benzene rings is 1. The molecule has 1 saturated heterocycles. The molecule has 1 heterocycles. The van der Waals surface area contributed by atoms with Crippen LogP contribution in [0, 0.1) is 0 Å². The summed E-state index contributed by atoms with van der Waals surface area (Å²) in [7, 11) is 0. The van der Waals surface area contributed by atoms with Gasteiger partial charge in [-0.25, -0.2) is 0 Å². The normalized spacial score (nSPS) is 17.5. The van der Waals surface area contributed by atoms with Crippen LogP contribution >= 0.6 is 0 Å². The average Bonchev–Trinajstić information content (AvgIpc) is 2.52. The number of hydrogen-bond donors (Lipinski definition) is 0. The molecule has 1 aliphatic heterocycles. The van der Waals surface area contributed by atoms with Crippen molar-refractivity contribution in [2.24, 2.45) is 0 Å². The molecule has 2 heteroatoms. The van der Waals surface area contributed by atoms with Crippen molar-refractivity contribution in [1.29, 1.82) is 0 Å². The predicted octanol–water partition coefficient (Wildman–Crippen LogP) is 4.46. The average molecular weight is 263 g/mol. The summed E-state index contributed by atoms with van der Waals surface area (Å²) in [5.41, 5.74) is 1.36. The quantitative estimate of drug-likeness (QED) is 0.732. The molecule has 108 valence electrons. The Bertz CT molecular complexity index is 334. The van der Waals surface area contributed by atoms with Crippen molar-refractivity contribution in [3.63, 3.8) is 0 Å². The molecule has 19 heavy (non-hydrogen) atoms. The molecule has 1 amide bonds. The van der Waals surface area contributed by atoms with Gasteiger partial charge in [0, 0.05) is 25.9 Å². The highest BCUT2D eigenvalue weighted by molar-refractivity contribution is 5.73. The lowest BCUT2D eigenvalue weighted by molar-refractivity contribution is -0.130. The Morgan fingerprint density at radius 2 is 1.68 bits per heavy atom. The summed E-state index contributed by atoms with van der Waals surface area (Å²) in [4.78, 5) is 13.3. The summed E-state index contributed by atoms with van der Waals surface area (Å²) in [5.74, 6) is 0.736. The van der Waals surface area contributed by atoms with Gasteiger partial charge in [0.1, 0.15) is 0 Å². The van der Waals surface area contributed by atoms with E-state index in [2.05, 4.69) is 24.3 Å². The summed E-state index contributed by atoms with van der Waals surface area (Å²) < 4.78 is 0. The summed E-state index contributed by atoms with van der Waals surface area (Å²) >= 11 is 0. The summed E-state index contributed by atoms with van der Waals surface area (Å²) in [6.45, 7) is 11.5. The van der Waals surface area contributed by atoms with Crippen LogP contribution in [0.15, 0.2) is 30.3 Å². The summed E-state index contributed by atoms with van der Waals surface area (Å²) in [6.07, 6.45) is 2.33. The molecule has 1 fully saturated rings. The standard InChI is InChI=1S/C13H17NO.2C2H6/c1-11(15)14-9-5-8-13(10-14)12-6-3-2-4-7-12;2*1-2/h2-4,6-7,13H,5,8-10H2,1H3;2*1-2H3. The molecule has 0 spiro atoms. The Hall–Kier alpha value is -1.31. The van der Waals surface area contributed by atoms with Crippen molar-refractivity contribution < 1.29 is 4.79 Å². The first-order valence-corrected chi connectivity index (χ1v) is 7.58. The lowest BCUT2D eigenvalue weighted by atomic mass is 9.91. The van der Waals surface area contributed by atoms with Gasteiger partial charge in [-0.2, -0.15) is 0 Å². The number of hydrogen-bond acceptors (Lipinski definition) is 1. The van der Waals surface area contributed by atoms with E-state index in [0.717, 1.165) is 19.5 Å². The van der Waals surface area contributed by atoms with Crippen molar-refractivity contribution in [3.05, 3.63) is 35.9 Å². The van der Waals surface area contributed by atoms with Crippen LogP contribution in [0.4, 0.5) is 0 Å². The number of likely N-dealkylation sites (tertiary alicyclic amines) is 1. The maximum absolute atomic E-state index is 11.3. The second-order valence-corrected chi connectivity index (χ2v) is 4.21. The maximum atomic E-state index is 11.3. The van der Waals surface area contributed by atoms with Crippen LogP contribution in [-0.4, -0.2) is 23.9 Å². The number of carbonyl (C=O) groups is 1. The van der Waals surface area contributed by atoms with Crippen LogP contribution in [0.3, 0.4) is 0 Å². The number of piperidine rings is 1. The van der Waals surface area contributed by atoms with Gasteiger partial charge in [-0.1, -0.05) is 58.0 Å². The zero-order chi connectivity index (χ0) is 14.7. The van der Waals surface area contributed by atoms with Gasteiger partial charge in [-0.15, -0.1) is 0 Å². The smallest absolute Gasteiger partial charge is 0.219 e. The lowest BCUT2D eigenvalue weighted by Crippen LogP contribution is -2.37. The first-order chi connectivity index (χ1) is 9.27. The van der Waals surface area contributed by atoms with E-state index in [1.54, 1.807) is 6.92 Å². The Labute approximate surface area is 118 Å². The van der Waals surface area contributed by atoms with Crippen LogP contribution in [0.1, 0.15) is 58.9 Å². The molecular weight excluding hydrogens is 234 g/mol. The molecule has 1 atom stereocenters. The van der Waals surface area contributed by atoms with Crippen molar-refractivity contribution in [2.45, 2.75) is 53.4 Å².